The maximum atomic E-state index is 13.8. The van der Waals surface area contributed by atoms with Gasteiger partial charge >= 0.3 is 0 Å². The normalized spacial score (nSPS) is 14.2. The van der Waals surface area contributed by atoms with Crippen LogP contribution in [0.1, 0.15) is 16.7 Å². The molecule has 2 aliphatic rings. The highest BCUT2D eigenvalue weighted by Crippen LogP contribution is 2.26. The van der Waals surface area contributed by atoms with Crippen molar-refractivity contribution in [1.82, 2.24) is 10.3 Å². The van der Waals surface area contributed by atoms with Crippen LogP contribution in [0, 0.1) is 19.7 Å². The van der Waals surface area contributed by atoms with Gasteiger partial charge in [0.25, 0.3) is 20.2 Å². The monoisotopic (exact) mass is 689 g/mol. The first-order chi connectivity index (χ1) is 21.7. The quantitative estimate of drug-likeness (QED) is 0.171. The van der Waals surface area contributed by atoms with Gasteiger partial charge in [0.1, 0.15) is 18.2 Å². The van der Waals surface area contributed by atoms with Gasteiger partial charge in [-0.2, -0.15) is 21.8 Å². The van der Waals surface area contributed by atoms with Gasteiger partial charge in [-0.05, 0) is 67.5 Å². The number of aromatic nitrogens is 1. The number of anilines is 1. The summed E-state index contributed by atoms with van der Waals surface area (Å²) in [7, 11) is -8.04. The fraction of sp³-hybridized carbons (Fsp3) is 0.219. The van der Waals surface area contributed by atoms with Crippen molar-refractivity contribution in [3.05, 3.63) is 124 Å². The minimum absolute atomic E-state index is 0.0666. The number of ether oxygens (including phenoxy) is 1. The molecule has 0 saturated heterocycles. The second-order valence-electron chi connectivity index (χ2n) is 10.6. The van der Waals surface area contributed by atoms with E-state index in [-0.39, 0.29) is 22.2 Å². The minimum atomic E-state index is -4.02. The molecule has 0 aliphatic carbocycles. The first-order valence-electron chi connectivity index (χ1n) is 14.0. The van der Waals surface area contributed by atoms with Gasteiger partial charge in [0.05, 0.1) is 9.79 Å². The number of hydrogen-bond donors (Lipinski definition) is 3. The summed E-state index contributed by atoms with van der Waals surface area (Å²) in [4.78, 5) is 6.66. The Morgan fingerprint density at radius 1 is 0.826 bits per heavy atom. The van der Waals surface area contributed by atoms with Crippen LogP contribution in [0.25, 0.3) is 0 Å². The van der Waals surface area contributed by atoms with Crippen molar-refractivity contribution >= 4 is 37.7 Å². The zero-order valence-corrected chi connectivity index (χ0v) is 27.4. The van der Waals surface area contributed by atoms with E-state index in [0.717, 1.165) is 43.1 Å². The lowest BCUT2D eigenvalue weighted by molar-refractivity contribution is 0.288. The lowest BCUT2D eigenvalue weighted by Crippen LogP contribution is -2.27. The Balaban J connectivity index is 0.000000182. The predicted molar refractivity (Wildman–Crippen MR) is 174 cm³/mol. The summed E-state index contributed by atoms with van der Waals surface area (Å²) in [5.74, 6) is 1.01. The Kier molecular flexibility index (Phi) is 11.5. The van der Waals surface area contributed by atoms with Crippen LogP contribution in [-0.4, -0.2) is 57.1 Å². The van der Waals surface area contributed by atoms with Gasteiger partial charge in [0.15, 0.2) is 0 Å². The standard InChI is InChI=1S/C18H17ClFN3O.2C7H8O3S/c19-15-5-4-12(16(20)6-15)11-24-18-3-1-2-17(22-18)23-9-13-7-21-8-14(13)10-23;2*1-6-2-4-7(5-3-6)11(8,9)10/h1-6,21H,7-11H2;2*2-5H,1H3,(H,8,9,10). The molecule has 0 saturated carbocycles. The van der Waals surface area contributed by atoms with Crippen LogP contribution in [0.3, 0.4) is 0 Å². The molecule has 0 atom stereocenters. The first kappa shape index (κ1) is 35.0. The van der Waals surface area contributed by atoms with Crippen LogP contribution in [-0.2, 0) is 26.8 Å². The average Bonchev–Trinajstić information content (AvgIpc) is 3.60. The summed E-state index contributed by atoms with van der Waals surface area (Å²) < 4.78 is 78.6. The Bertz CT molecular complexity index is 1830. The zero-order valence-electron chi connectivity index (χ0n) is 25.0. The maximum Gasteiger partial charge on any atom is 0.294 e. The molecule has 2 aliphatic heterocycles. The van der Waals surface area contributed by atoms with Crippen molar-refractivity contribution in [2.45, 2.75) is 30.2 Å². The van der Waals surface area contributed by atoms with E-state index in [4.69, 9.17) is 25.4 Å². The molecule has 10 nitrogen and oxygen atoms in total. The number of benzene rings is 3. The van der Waals surface area contributed by atoms with Crippen LogP contribution < -0.4 is 15.0 Å². The third-order valence-corrected chi connectivity index (χ3v) is 8.97. The number of halogens is 2. The molecule has 0 spiro atoms. The minimum Gasteiger partial charge on any atom is -0.473 e. The van der Waals surface area contributed by atoms with Crippen LogP contribution in [0.4, 0.5) is 10.2 Å². The van der Waals surface area contributed by atoms with Crippen molar-refractivity contribution in [3.63, 3.8) is 0 Å². The van der Waals surface area contributed by atoms with Crippen molar-refractivity contribution in [3.8, 4) is 5.88 Å². The van der Waals surface area contributed by atoms with Gasteiger partial charge in [0.2, 0.25) is 5.88 Å². The molecule has 0 amide bonds. The van der Waals surface area contributed by atoms with E-state index in [9.17, 15) is 21.2 Å². The fourth-order valence-electron chi connectivity index (χ4n) is 4.50. The second-order valence-corrected chi connectivity index (χ2v) is 13.9. The van der Waals surface area contributed by atoms with E-state index in [1.807, 2.05) is 26.0 Å². The lowest BCUT2D eigenvalue weighted by atomic mass is 10.2. The molecule has 4 aromatic rings. The van der Waals surface area contributed by atoms with E-state index in [1.54, 1.807) is 42.5 Å². The van der Waals surface area contributed by atoms with Crippen LogP contribution >= 0.6 is 11.6 Å². The van der Waals surface area contributed by atoms with Crippen molar-refractivity contribution in [1.29, 1.82) is 0 Å². The summed E-state index contributed by atoms with van der Waals surface area (Å²) >= 11 is 5.76. The van der Waals surface area contributed by atoms with Crippen LogP contribution in [0.2, 0.25) is 5.02 Å². The summed E-state index contributed by atoms with van der Waals surface area (Å²) in [6.45, 7) is 7.56. The highest BCUT2D eigenvalue weighted by atomic mass is 35.5. The van der Waals surface area contributed by atoms with Crippen LogP contribution in [0.15, 0.2) is 106 Å². The van der Waals surface area contributed by atoms with Gasteiger partial charge in [-0.15, -0.1) is 0 Å². The average molecular weight is 690 g/mol. The molecule has 0 radical (unpaired) electrons. The molecule has 0 bridgehead atoms. The second kappa shape index (κ2) is 15.2. The smallest absolute Gasteiger partial charge is 0.294 e. The van der Waals surface area contributed by atoms with Gasteiger partial charge in [-0.25, -0.2) is 4.39 Å². The number of nitrogens with one attached hydrogen (secondary N) is 1. The largest absolute Gasteiger partial charge is 0.473 e. The SMILES string of the molecule is Cc1ccc(S(=O)(=O)O)cc1.Cc1ccc(S(=O)(=O)O)cc1.Fc1cc(Cl)ccc1COc1cccc(N2CC3=C(CNC3)C2)n1. The van der Waals surface area contributed by atoms with E-state index < -0.39 is 20.2 Å². The Hall–Kier alpha value is -3.85. The van der Waals surface area contributed by atoms with E-state index in [1.165, 1.54) is 41.5 Å². The highest BCUT2D eigenvalue weighted by Gasteiger charge is 2.26. The molecular weight excluding hydrogens is 657 g/mol. The van der Waals surface area contributed by atoms with E-state index in [2.05, 4.69) is 15.2 Å². The van der Waals surface area contributed by atoms with E-state index in [0.29, 0.717) is 16.5 Å². The number of aryl methyl sites for hydroxylation is 2. The molecule has 3 N–H and O–H groups in total. The number of rotatable bonds is 6. The Labute approximate surface area is 273 Å². The molecule has 0 fully saturated rings. The van der Waals surface area contributed by atoms with Gasteiger partial charge in [-0.1, -0.05) is 59.1 Å². The molecular formula is C32H33ClFN3O7S2. The molecule has 3 heterocycles. The first-order valence-corrected chi connectivity index (χ1v) is 17.2. The summed E-state index contributed by atoms with van der Waals surface area (Å²) in [6.07, 6.45) is 0. The summed E-state index contributed by atoms with van der Waals surface area (Å²) in [6, 6.07) is 22.2. The van der Waals surface area contributed by atoms with Gasteiger partial charge in [0, 0.05) is 42.8 Å². The molecule has 6 rings (SSSR count). The third-order valence-electron chi connectivity index (χ3n) is 7.00. The number of nitrogens with zero attached hydrogens (tertiary/aromatic N) is 2. The molecule has 244 valence electrons. The van der Waals surface area contributed by atoms with Crippen molar-refractivity contribution in [2.75, 3.05) is 31.1 Å². The maximum absolute atomic E-state index is 13.8. The Morgan fingerprint density at radius 3 is 1.83 bits per heavy atom. The van der Waals surface area contributed by atoms with Gasteiger partial charge in [-0.3, -0.25) is 9.11 Å². The molecule has 46 heavy (non-hydrogen) atoms. The number of pyridine rings is 1. The summed E-state index contributed by atoms with van der Waals surface area (Å²) in [5.41, 5.74) is 5.30. The topological polar surface area (TPSA) is 146 Å². The molecule has 14 heteroatoms. The summed E-state index contributed by atoms with van der Waals surface area (Å²) in [5, 5.41) is 3.74. The Morgan fingerprint density at radius 2 is 1.35 bits per heavy atom. The van der Waals surface area contributed by atoms with Crippen molar-refractivity contribution in [2.24, 2.45) is 0 Å². The number of hydrogen-bond acceptors (Lipinski definition) is 8. The fourth-order valence-corrected chi connectivity index (χ4v) is 5.62. The zero-order chi connectivity index (χ0) is 33.5. The predicted octanol–water partition coefficient (Wildman–Crippen LogP) is 5.66. The molecule has 1 aromatic heterocycles. The third kappa shape index (κ3) is 10.1. The highest BCUT2D eigenvalue weighted by molar-refractivity contribution is 7.86. The molecule has 0 unspecified atom stereocenters. The van der Waals surface area contributed by atoms with E-state index >= 15 is 0 Å². The van der Waals surface area contributed by atoms with Crippen molar-refractivity contribution < 1.29 is 35.1 Å². The molecule has 3 aromatic carbocycles. The van der Waals surface area contributed by atoms with Gasteiger partial charge < -0.3 is 15.0 Å². The van der Waals surface area contributed by atoms with Crippen LogP contribution in [0.5, 0.6) is 5.88 Å². The lowest BCUT2D eigenvalue weighted by Gasteiger charge is -2.20.